The van der Waals surface area contributed by atoms with Crippen LogP contribution in [0.1, 0.15) is 41.6 Å². The fourth-order valence-electron chi connectivity index (χ4n) is 2.97. The minimum Gasteiger partial charge on any atom is -0.361 e. The molecule has 0 radical (unpaired) electrons. The van der Waals surface area contributed by atoms with Gasteiger partial charge >= 0.3 is 0 Å². The maximum atomic E-state index is 12.8. The van der Waals surface area contributed by atoms with Crippen LogP contribution in [-0.2, 0) is 16.6 Å². The highest BCUT2D eigenvalue weighted by molar-refractivity contribution is 7.89. The van der Waals surface area contributed by atoms with Crippen LogP contribution < -0.4 is 5.32 Å². The highest BCUT2D eigenvalue weighted by Gasteiger charge is 2.32. The van der Waals surface area contributed by atoms with Crippen LogP contribution in [0.15, 0.2) is 39.8 Å². The molecule has 0 saturated carbocycles. The molecule has 1 aliphatic heterocycles. The zero-order chi connectivity index (χ0) is 18.0. The van der Waals surface area contributed by atoms with Gasteiger partial charge in [-0.3, -0.25) is 4.79 Å². The Morgan fingerprint density at radius 2 is 2.20 bits per heavy atom. The Balaban J connectivity index is 1.75. The van der Waals surface area contributed by atoms with Crippen molar-refractivity contribution in [3.8, 4) is 0 Å². The SMILES string of the molecule is Cc1cc(CNC(=O)c2cccc(S(=O)(=O)N3CCC[C@@H]3C)c2)no1. The molecule has 0 aliphatic carbocycles. The van der Waals surface area contributed by atoms with E-state index in [2.05, 4.69) is 10.5 Å². The summed E-state index contributed by atoms with van der Waals surface area (Å²) >= 11 is 0. The molecular formula is C17H21N3O4S. The molecule has 0 unspecified atom stereocenters. The Bertz CT molecular complexity index is 876. The molecule has 1 aromatic carbocycles. The van der Waals surface area contributed by atoms with Crippen LogP contribution in [0.5, 0.6) is 0 Å². The number of aromatic nitrogens is 1. The average Bonchev–Trinajstić information content (AvgIpc) is 3.21. The van der Waals surface area contributed by atoms with E-state index in [9.17, 15) is 13.2 Å². The molecule has 134 valence electrons. The molecule has 0 bridgehead atoms. The van der Waals surface area contributed by atoms with Gasteiger partial charge in [0.2, 0.25) is 10.0 Å². The summed E-state index contributed by atoms with van der Waals surface area (Å²) in [6.45, 7) is 4.41. The number of amides is 1. The predicted octanol–water partition coefficient (Wildman–Crippen LogP) is 2.09. The second-order valence-corrected chi connectivity index (χ2v) is 8.14. The van der Waals surface area contributed by atoms with Crippen molar-refractivity contribution < 1.29 is 17.7 Å². The third-order valence-corrected chi connectivity index (χ3v) is 6.31. The Morgan fingerprint density at radius 1 is 1.40 bits per heavy atom. The van der Waals surface area contributed by atoms with Gasteiger partial charge < -0.3 is 9.84 Å². The zero-order valence-corrected chi connectivity index (χ0v) is 15.0. The van der Waals surface area contributed by atoms with Crippen molar-refractivity contribution in [3.05, 3.63) is 47.3 Å². The van der Waals surface area contributed by atoms with E-state index in [4.69, 9.17) is 4.52 Å². The van der Waals surface area contributed by atoms with E-state index in [1.165, 1.54) is 16.4 Å². The lowest BCUT2D eigenvalue weighted by atomic mass is 10.2. The Labute approximate surface area is 147 Å². The summed E-state index contributed by atoms with van der Waals surface area (Å²) in [5.74, 6) is 0.309. The maximum Gasteiger partial charge on any atom is 0.251 e. The Hall–Kier alpha value is -2.19. The van der Waals surface area contributed by atoms with Gasteiger partial charge in [-0.05, 0) is 44.9 Å². The van der Waals surface area contributed by atoms with E-state index < -0.39 is 10.0 Å². The minimum absolute atomic E-state index is 0.0158. The van der Waals surface area contributed by atoms with E-state index >= 15 is 0 Å². The smallest absolute Gasteiger partial charge is 0.251 e. The van der Waals surface area contributed by atoms with Crippen molar-refractivity contribution in [2.24, 2.45) is 0 Å². The minimum atomic E-state index is -3.58. The van der Waals surface area contributed by atoms with E-state index in [1.807, 2.05) is 6.92 Å². The van der Waals surface area contributed by atoms with Crippen molar-refractivity contribution in [2.75, 3.05) is 6.54 Å². The fourth-order valence-corrected chi connectivity index (χ4v) is 4.72. The van der Waals surface area contributed by atoms with Gasteiger partial charge in [0, 0.05) is 24.2 Å². The van der Waals surface area contributed by atoms with Crippen LogP contribution in [-0.4, -0.2) is 36.4 Å². The molecule has 1 fully saturated rings. The first kappa shape index (κ1) is 17.6. The van der Waals surface area contributed by atoms with Crippen LogP contribution in [0.3, 0.4) is 0 Å². The van der Waals surface area contributed by atoms with E-state index in [0.29, 0.717) is 23.6 Å². The number of hydrogen-bond acceptors (Lipinski definition) is 5. The molecule has 25 heavy (non-hydrogen) atoms. The third kappa shape index (κ3) is 3.74. The quantitative estimate of drug-likeness (QED) is 0.878. The number of rotatable bonds is 5. The molecule has 1 atom stereocenters. The van der Waals surface area contributed by atoms with Gasteiger partial charge in [-0.25, -0.2) is 8.42 Å². The average molecular weight is 363 g/mol. The number of nitrogens with zero attached hydrogens (tertiary/aromatic N) is 2. The molecular weight excluding hydrogens is 342 g/mol. The normalized spacial score (nSPS) is 18.4. The van der Waals surface area contributed by atoms with Gasteiger partial charge in [-0.15, -0.1) is 0 Å². The number of aryl methyl sites for hydroxylation is 1. The summed E-state index contributed by atoms with van der Waals surface area (Å²) in [5, 5.41) is 6.52. The van der Waals surface area contributed by atoms with Gasteiger partial charge in [0.05, 0.1) is 11.4 Å². The molecule has 7 nitrogen and oxygen atoms in total. The standard InChI is InChI=1S/C17H21N3O4S/c1-12-5-4-8-20(12)25(22,23)16-7-3-6-14(10-16)17(21)18-11-15-9-13(2)24-19-15/h3,6-7,9-10,12H,4-5,8,11H2,1-2H3,(H,18,21)/t12-/m0/s1. The number of hydrogen-bond donors (Lipinski definition) is 1. The summed E-state index contributed by atoms with van der Waals surface area (Å²) in [4.78, 5) is 12.5. The van der Waals surface area contributed by atoms with Crippen molar-refractivity contribution in [1.82, 2.24) is 14.8 Å². The number of benzene rings is 1. The van der Waals surface area contributed by atoms with Crippen molar-refractivity contribution in [2.45, 2.75) is 44.2 Å². The third-order valence-electron chi connectivity index (χ3n) is 4.30. The molecule has 8 heteroatoms. The topological polar surface area (TPSA) is 92.5 Å². The summed E-state index contributed by atoms with van der Waals surface area (Å²) < 4.78 is 32.0. The van der Waals surface area contributed by atoms with Crippen molar-refractivity contribution >= 4 is 15.9 Å². The summed E-state index contributed by atoms with van der Waals surface area (Å²) in [6.07, 6.45) is 1.72. The second-order valence-electron chi connectivity index (χ2n) is 6.25. The Morgan fingerprint density at radius 3 is 2.84 bits per heavy atom. The summed E-state index contributed by atoms with van der Waals surface area (Å²) in [7, 11) is -3.58. The maximum absolute atomic E-state index is 12.8. The van der Waals surface area contributed by atoms with Gasteiger partial charge in [0.25, 0.3) is 5.91 Å². The lowest BCUT2D eigenvalue weighted by molar-refractivity contribution is 0.0950. The zero-order valence-electron chi connectivity index (χ0n) is 14.2. The molecule has 1 saturated heterocycles. The van der Waals surface area contributed by atoms with Gasteiger partial charge in [-0.1, -0.05) is 11.2 Å². The Kier molecular flexibility index (Phi) is 4.91. The molecule has 1 aromatic heterocycles. The lowest BCUT2D eigenvalue weighted by Crippen LogP contribution is -2.33. The van der Waals surface area contributed by atoms with E-state index in [0.717, 1.165) is 12.8 Å². The van der Waals surface area contributed by atoms with Crippen LogP contribution >= 0.6 is 0 Å². The molecule has 2 aromatic rings. The first-order valence-electron chi connectivity index (χ1n) is 8.20. The van der Waals surface area contributed by atoms with Crippen LogP contribution in [0.2, 0.25) is 0 Å². The first-order valence-corrected chi connectivity index (χ1v) is 9.64. The second kappa shape index (κ2) is 6.97. The summed E-state index contributed by atoms with van der Waals surface area (Å²) in [5.41, 5.74) is 0.911. The van der Waals surface area contributed by atoms with E-state index in [1.54, 1.807) is 25.1 Å². The van der Waals surface area contributed by atoms with Gasteiger partial charge in [0.15, 0.2) is 0 Å². The van der Waals surface area contributed by atoms with E-state index in [-0.39, 0.29) is 23.4 Å². The fraction of sp³-hybridized carbons (Fsp3) is 0.412. The van der Waals surface area contributed by atoms with Crippen molar-refractivity contribution in [3.63, 3.8) is 0 Å². The summed E-state index contributed by atoms with van der Waals surface area (Å²) in [6, 6.07) is 7.84. The lowest BCUT2D eigenvalue weighted by Gasteiger charge is -2.21. The number of carbonyl (C=O) groups is 1. The highest BCUT2D eigenvalue weighted by atomic mass is 32.2. The van der Waals surface area contributed by atoms with Crippen LogP contribution in [0, 0.1) is 6.92 Å². The van der Waals surface area contributed by atoms with Crippen LogP contribution in [0.25, 0.3) is 0 Å². The largest absolute Gasteiger partial charge is 0.361 e. The van der Waals surface area contributed by atoms with Gasteiger partial charge in [0.1, 0.15) is 11.5 Å². The molecule has 1 N–H and O–H groups in total. The number of nitrogens with one attached hydrogen (secondary N) is 1. The number of sulfonamides is 1. The van der Waals surface area contributed by atoms with Gasteiger partial charge in [-0.2, -0.15) is 4.31 Å². The van der Waals surface area contributed by atoms with Crippen molar-refractivity contribution in [1.29, 1.82) is 0 Å². The molecule has 2 heterocycles. The molecule has 1 aliphatic rings. The molecule has 0 spiro atoms. The van der Waals surface area contributed by atoms with Crippen LogP contribution in [0.4, 0.5) is 0 Å². The number of carbonyl (C=O) groups excluding carboxylic acids is 1. The predicted molar refractivity (Wildman–Crippen MR) is 91.4 cm³/mol. The highest BCUT2D eigenvalue weighted by Crippen LogP contribution is 2.26. The molecule has 1 amide bonds. The first-order chi connectivity index (χ1) is 11.9. The monoisotopic (exact) mass is 363 g/mol. The molecule has 3 rings (SSSR count).